The Kier molecular flexibility index (Phi) is 36.7. The second kappa shape index (κ2) is 47.8. The van der Waals surface area contributed by atoms with E-state index in [1.165, 1.54) is 29.4 Å². The van der Waals surface area contributed by atoms with Gasteiger partial charge in [0.15, 0.2) is 0 Å². The molecule has 0 aliphatic heterocycles. The van der Waals surface area contributed by atoms with Crippen molar-refractivity contribution in [3.8, 4) is 23.0 Å². The van der Waals surface area contributed by atoms with Gasteiger partial charge in [-0.2, -0.15) is 8.42 Å². The minimum atomic E-state index is -3.84. The summed E-state index contributed by atoms with van der Waals surface area (Å²) in [6.45, 7) is 14.3. The molecule has 0 aromatic heterocycles. The molecule has 0 saturated heterocycles. The number of ether oxygens (including phenoxy) is 5. The zero-order valence-corrected chi connectivity index (χ0v) is 74.7. The summed E-state index contributed by atoms with van der Waals surface area (Å²) in [4.78, 5) is 14.8. The van der Waals surface area contributed by atoms with Crippen LogP contribution in [-0.2, 0) is 50.3 Å². The molecular formula is C102H103Br4NO10S. The highest BCUT2D eigenvalue weighted by molar-refractivity contribution is 9.11. The lowest BCUT2D eigenvalue weighted by atomic mass is 9.87. The van der Waals surface area contributed by atoms with Crippen molar-refractivity contribution >= 4 is 79.8 Å². The number of aliphatic hydroxyl groups is 1. The van der Waals surface area contributed by atoms with Crippen molar-refractivity contribution in [3.63, 3.8) is 0 Å². The normalized spacial score (nSPS) is 12.1. The fourth-order valence-electron chi connectivity index (χ4n) is 14.1. The summed E-state index contributed by atoms with van der Waals surface area (Å²) in [5, 5.41) is 9.57. The van der Waals surface area contributed by atoms with E-state index in [4.69, 9.17) is 27.9 Å². The topological polar surface area (TPSA) is 130 Å². The molecule has 0 saturated carbocycles. The number of halogens is 4. The second-order valence-electron chi connectivity index (χ2n) is 29.1. The van der Waals surface area contributed by atoms with Crippen LogP contribution in [0.15, 0.2) is 363 Å². The van der Waals surface area contributed by atoms with Crippen molar-refractivity contribution in [1.29, 1.82) is 0 Å². The van der Waals surface area contributed by atoms with E-state index in [9.17, 15) is 18.3 Å². The van der Waals surface area contributed by atoms with E-state index in [1.807, 2.05) is 219 Å². The summed E-state index contributed by atoms with van der Waals surface area (Å²) in [6, 6.07) is 114. The third kappa shape index (κ3) is 28.5. The number of benzene rings is 13. The van der Waals surface area contributed by atoms with Gasteiger partial charge in [0.1, 0.15) is 49.4 Å². The molecule has 0 aliphatic rings. The number of esters is 1. The number of aryl methyl sites for hydroxylation is 1. The summed E-state index contributed by atoms with van der Waals surface area (Å²) in [5.41, 5.74) is 14.3. The smallest absolute Gasteiger partial charge is 0.306 e. The number of hydrogen-bond donors (Lipinski definition) is 1. The van der Waals surface area contributed by atoms with Gasteiger partial charge in [0.2, 0.25) is 0 Å². The Balaban J connectivity index is 0.000000167. The van der Waals surface area contributed by atoms with Crippen molar-refractivity contribution < 1.29 is 46.2 Å². The number of rotatable bonds is 34. The predicted octanol–water partition coefficient (Wildman–Crippen LogP) is 26.2. The lowest BCUT2D eigenvalue weighted by molar-refractivity contribution is -0.140. The van der Waals surface area contributed by atoms with Crippen molar-refractivity contribution in [2.75, 3.05) is 26.9 Å². The molecule has 1 N–H and O–H groups in total. The Hall–Kier alpha value is -9.72. The molecule has 118 heavy (non-hydrogen) atoms. The van der Waals surface area contributed by atoms with Gasteiger partial charge in [0, 0.05) is 82.5 Å². The minimum absolute atomic E-state index is 0.0421. The standard InChI is InChI=1S/C29H27BrO4S.C28H34BrNO.C23H21BrO3.C22H21BrO2/c1-22-12-15-26(16-13-22)35(31,32)34-19-18-27(24-10-6-3-7-11-24)28-20-25(30)14-17-29(28)33-21-23-8-4-2-5-9-23;1-21(2)30(22(3)4)18-17-26(24-13-9-6-10-14-24)27-19-25(29)15-16-28(27)31-20-23-11-7-5-8-12-23;1-26-23(25)15-20(18-10-6-3-7-11-18)21-14-19(24)12-13-22(21)27-16-17-8-4-2-5-9-17;23-19-11-12-22(25-16-17-7-3-1-4-8-17)21(15-19)20(13-14-24)18-9-5-2-6-10-18/h2-17,20,27H,18-19,21H2,1H3;5-16,19,21-22,26H,17-18,20H2,1-4H3;2-14,20H,15-16H2,1H3;1-12,15,20,24H,13-14,16H2. The Morgan fingerprint density at radius 1 is 0.364 bits per heavy atom. The first kappa shape index (κ1) is 90.6. The maximum absolute atomic E-state index is 12.7. The quantitative estimate of drug-likeness (QED) is 0.0306. The highest BCUT2D eigenvalue weighted by atomic mass is 79.9. The van der Waals surface area contributed by atoms with Gasteiger partial charge in [-0.15, -0.1) is 0 Å². The molecule has 0 fully saturated rings. The zero-order chi connectivity index (χ0) is 83.4. The number of aliphatic hydroxyl groups excluding tert-OH is 1. The SMILES string of the molecule is CC(C)N(CCC(c1ccccc1)c1cc(Br)ccc1OCc1ccccc1)C(C)C.COC(=O)CC(c1ccccc1)c1cc(Br)ccc1OCc1ccccc1.Cc1ccc(S(=O)(=O)OCCC(c2ccccc2)c2cc(Br)ccc2OCc2ccccc2)cc1.OCCC(c1ccccc1)c1cc(Br)ccc1OCc1ccccc1. The van der Waals surface area contributed by atoms with Gasteiger partial charge >= 0.3 is 5.97 Å². The molecule has 610 valence electrons. The zero-order valence-electron chi connectivity index (χ0n) is 67.6. The summed E-state index contributed by atoms with van der Waals surface area (Å²) >= 11 is 14.4. The summed E-state index contributed by atoms with van der Waals surface area (Å²) in [7, 11) is -2.43. The Bertz CT molecular complexity index is 5230. The number of nitrogens with zero attached hydrogens (tertiary/aromatic N) is 1. The number of methoxy groups -OCH3 is 1. The van der Waals surface area contributed by atoms with Gasteiger partial charge < -0.3 is 28.8 Å². The van der Waals surface area contributed by atoms with Crippen LogP contribution in [-0.4, -0.2) is 63.3 Å². The molecule has 0 bridgehead atoms. The van der Waals surface area contributed by atoms with Crippen molar-refractivity contribution in [3.05, 3.63) is 430 Å². The van der Waals surface area contributed by atoms with E-state index in [0.717, 1.165) is 104 Å². The molecule has 4 atom stereocenters. The first-order valence-electron chi connectivity index (χ1n) is 39.8. The van der Waals surface area contributed by atoms with Crippen molar-refractivity contribution in [2.24, 2.45) is 0 Å². The van der Waals surface area contributed by atoms with Crippen LogP contribution in [0.25, 0.3) is 0 Å². The number of carbonyl (C=O) groups is 1. The van der Waals surface area contributed by atoms with E-state index in [0.29, 0.717) is 51.4 Å². The molecule has 0 heterocycles. The van der Waals surface area contributed by atoms with E-state index in [-0.39, 0.29) is 54.2 Å². The largest absolute Gasteiger partial charge is 0.489 e. The summed E-state index contributed by atoms with van der Waals surface area (Å²) < 4.78 is 64.6. The molecule has 0 spiro atoms. The molecule has 0 aliphatic carbocycles. The highest BCUT2D eigenvalue weighted by Crippen LogP contribution is 2.42. The lowest BCUT2D eigenvalue weighted by Crippen LogP contribution is -2.38. The third-order valence-electron chi connectivity index (χ3n) is 20.1. The molecule has 0 radical (unpaired) electrons. The van der Waals surface area contributed by atoms with Crippen molar-refractivity contribution in [2.45, 2.75) is 127 Å². The minimum Gasteiger partial charge on any atom is -0.489 e. The van der Waals surface area contributed by atoms with E-state index < -0.39 is 10.1 Å². The van der Waals surface area contributed by atoms with Gasteiger partial charge in [0.25, 0.3) is 10.1 Å². The molecule has 13 rings (SSSR count). The maximum Gasteiger partial charge on any atom is 0.306 e. The molecule has 11 nitrogen and oxygen atoms in total. The van der Waals surface area contributed by atoms with Crippen LogP contribution in [0.5, 0.6) is 23.0 Å². The summed E-state index contributed by atoms with van der Waals surface area (Å²) in [5.74, 6) is 3.18. The monoisotopic (exact) mass is 1850 g/mol. The lowest BCUT2D eigenvalue weighted by Gasteiger charge is -2.32. The number of hydrogen-bond acceptors (Lipinski definition) is 11. The van der Waals surface area contributed by atoms with Gasteiger partial charge in [-0.05, 0) is 190 Å². The van der Waals surface area contributed by atoms with E-state index in [1.54, 1.807) is 24.3 Å². The maximum atomic E-state index is 12.7. The Morgan fingerprint density at radius 2 is 0.644 bits per heavy atom. The van der Waals surface area contributed by atoms with Crippen molar-refractivity contribution in [1.82, 2.24) is 4.90 Å². The first-order valence-corrected chi connectivity index (χ1v) is 44.3. The van der Waals surface area contributed by atoms with Crippen LogP contribution < -0.4 is 18.9 Å². The molecule has 0 amide bonds. The van der Waals surface area contributed by atoms with Crippen LogP contribution >= 0.6 is 63.7 Å². The fraction of sp³-hybridized carbons (Fsp3) is 0.225. The van der Waals surface area contributed by atoms with Gasteiger partial charge in [0.05, 0.1) is 25.0 Å². The highest BCUT2D eigenvalue weighted by Gasteiger charge is 2.27. The molecule has 13 aromatic rings. The van der Waals surface area contributed by atoms with Crippen LogP contribution in [0.1, 0.15) is 149 Å². The van der Waals surface area contributed by atoms with Crippen LogP contribution in [0.2, 0.25) is 0 Å². The Labute approximate surface area is 732 Å². The third-order valence-corrected chi connectivity index (χ3v) is 23.4. The fourth-order valence-corrected chi connectivity index (χ4v) is 16.5. The average Bonchev–Trinajstić information content (AvgIpc) is 0.821. The summed E-state index contributed by atoms with van der Waals surface area (Å²) in [6.07, 6.45) is 2.41. The molecule has 16 heteroatoms. The van der Waals surface area contributed by atoms with Gasteiger partial charge in [-0.3, -0.25) is 13.9 Å². The predicted molar refractivity (Wildman–Crippen MR) is 492 cm³/mol. The van der Waals surface area contributed by atoms with E-state index >= 15 is 0 Å². The van der Waals surface area contributed by atoms with Crippen LogP contribution in [0.3, 0.4) is 0 Å². The van der Waals surface area contributed by atoms with Crippen LogP contribution in [0, 0.1) is 6.92 Å². The molecule has 4 unspecified atom stereocenters. The molecular weight excluding hydrogens is 1750 g/mol. The Morgan fingerprint density at radius 3 is 0.941 bits per heavy atom. The first-order chi connectivity index (χ1) is 57.3. The van der Waals surface area contributed by atoms with Gasteiger partial charge in [-0.25, -0.2) is 0 Å². The van der Waals surface area contributed by atoms with Gasteiger partial charge in [-0.1, -0.05) is 324 Å². The second-order valence-corrected chi connectivity index (χ2v) is 34.3. The molecule has 13 aromatic carbocycles. The van der Waals surface area contributed by atoms with E-state index in [2.05, 4.69) is 199 Å². The number of carbonyl (C=O) groups excluding carboxylic acids is 1. The average molecular weight is 1850 g/mol. The van der Waals surface area contributed by atoms with Crippen LogP contribution in [0.4, 0.5) is 0 Å².